The van der Waals surface area contributed by atoms with Crippen LogP contribution in [0.2, 0.25) is 0 Å². The lowest BCUT2D eigenvalue weighted by atomic mass is 10.4. The summed E-state index contributed by atoms with van der Waals surface area (Å²) >= 11 is 1.47. The van der Waals surface area contributed by atoms with Gasteiger partial charge in [-0.2, -0.15) is 0 Å². The molecule has 0 atom stereocenters. The maximum absolute atomic E-state index is 11.5. The maximum Gasteiger partial charge on any atom is 0.321 e. The highest BCUT2D eigenvalue weighted by molar-refractivity contribution is 7.15. The van der Waals surface area contributed by atoms with Crippen LogP contribution >= 0.6 is 11.3 Å². The van der Waals surface area contributed by atoms with E-state index in [1.165, 1.54) is 11.3 Å². The molecule has 1 heterocycles. The van der Waals surface area contributed by atoms with Crippen LogP contribution in [0.25, 0.3) is 0 Å². The summed E-state index contributed by atoms with van der Waals surface area (Å²) in [4.78, 5) is 18.9. The van der Waals surface area contributed by atoms with Crippen LogP contribution in [0, 0.1) is 6.92 Å². The van der Waals surface area contributed by atoms with Crippen molar-refractivity contribution in [1.29, 1.82) is 0 Å². The van der Waals surface area contributed by atoms with Gasteiger partial charge in [-0.05, 0) is 20.0 Å². The normalized spacial score (nSPS) is 10.6. The number of amides is 2. The molecule has 2 N–H and O–H groups in total. The van der Waals surface area contributed by atoms with Crippen LogP contribution in [-0.4, -0.2) is 42.1 Å². The zero-order valence-electron chi connectivity index (χ0n) is 10.6. The number of carbonyl (C=O) groups excluding carboxylic acids is 1. The van der Waals surface area contributed by atoms with Gasteiger partial charge in [-0.15, -0.1) is 11.3 Å². The average molecular weight is 256 g/mol. The molecule has 0 aliphatic heterocycles. The number of likely N-dealkylation sites (N-methyl/N-ethyl adjacent to an activating group) is 1. The van der Waals surface area contributed by atoms with Gasteiger partial charge in [-0.3, -0.25) is 5.32 Å². The van der Waals surface area contributed by atoms with Crippen LogP contribution in [0.5, 0.6) is 0 Å². The molecule has 2 amide bonds. The second-order valence-corrected chi connectivity index (χ2v) is 4.92. The highest BCUT2D eigenvalue weighted by Crippen LogP contribution is 2.15. The van der Waals surface area contributed by atoms with Gasteiger partial charge >= 0.3 is 6.03 Å². The first kappa shape index (κ1) is 13.9. The molecule has 0 aromatic carbocycles. The van der Waals surface area contributed by atoms with Crippen molar-refractivity contribution in [2.24, 2.45) is 0 Å². The Morgan fingerprint density at radius 3 is 2.71 bits per heavy atom. The predicted octanol–water partition coefficient (Wildman–Crippen LogP) is 1.91. The summed E-state index contributed by atoms with van der Waals surface area (Å²) in [6.45, 7) is 9.72. The van der Waals surface area contributed by atoms with E-state index in [2.05, 4.69) is 34.4 Å². The van der Waals surface area contributed by atoms with E-state index in [0.717, 1.165) is 24.5 Å². The molecule has 1 rings (SSSR count). The largest absolute Gasteiger partial charge is 0.337 e. The molecule has 96 valence electrons. The van der Waals surface area contributed by atoms with Gasteiger partial charge in [0.05, 0.1) is 0 Å². The molecule has 0 fully saturated rings. The number of anilines is 1. The Balaban J connectivity index is 2.21. The van der Waals surface area contributed by atoms with Crippen molar-refractivity contribution in [2.75, 3.05) is 31.5 Å². The molecule has 0 radical (unpaired) electrons. The molecule has 0 aliphatic carbocycles. The van der Waals surface area contributed by atoms with Crippen molar-refractivity contribution in [3.05, 3.63) is 11.1 Å². The van der Waals surface area contributed by atoms with Crippen molar-refractivity contribution < 1.29 is 4.79 Å². The van der Waals surface area contributed by atoms with Gasteiger partial charge in [0.25, 0.3) is 0 Å². The smallest absolute Gasteiger partial charge is 0.321 e. The quantitative estimate of drug-likeness (QED) is 0.817. The number of thiazole rings is 1. The molecule has 0 spiro atoms. The third kappa shape index (κ3) is 5.14. The Bertz CT molecular complexity index is 349. The van der Waals surface area contributed by atoms with Gasteiger partial charge in [0.2, 0.25) is 0 Å². The van der Waals surface area contributed by atoms with E-state index >= 15 is 0 Å². The van der Waals surface area contributed by atoms with E-state index < -0.39 is 0 Å². The summed E-state index contributed by atoms with van der Waals surface area (Å²) in [6, 6.07) is -0.188. The van der Waals surface area contributed by atoms with Crippen LogP contribution in [0.1, 0.15) is 18.7 Å². The minimum atomic E-state index is -0.188. The number of aromatic nitrogens is 1. The van der Waals surface area contributed by atoms with E-state index in [4.69, 9.17) is 0 Å². The summed E-state index contributed by atoms with van der Waals surface area (Å²) in [6.07, 6.45) is 1.75. The number of hydrogen-bond acceptors (Lipinski definition) is 4. The van der Waals surface area contributed by atoms with Gasteiger partial charge in [0, 0.05) is 24.2 Å². The number of nitrogens with zero attached hydrogens (tertiary/aromatic N) is 2. The zero-order valence-corrected chi connectivity index (χ0v) is 11.4. The lowest BCUT2D eigenvalue weighted by Crippen LogP contribution is -2.36. The molecule has 6 heteroatoms. The van der Waals surface area contributed by atoms with Crippen molar-refractivity contribution in [2.45, 2.75) is 20.8 Å². The lowest BCUT2D eigenvalue weighted by molar-refractivity contribution is 0.248. The molecule has 1 aromatic heterocycles. The summed E-state index contributed by atoms with van der Waals surface area (Å²) in [5, 5.41) is 6.17. The minimum absolute atomic E-state index is 0.188. The third-order valence-electron chi connectivity index (χ3n) is 2.45. The molecule has 0 unspecified atom stereocenters. The van der Waals surface area contributed by atoms with Gasteiger partial charge in [-0.25, -0.2) is 9.78 Å². The van der Waals surface area contributed by atoms with E-state index in [1.807, 2.05) is 6.92 Å². The molecule has 0 saturated heterocycles. The summed E-state index contributed by atoms with van der Waals surface area (Å²) in [5.74, 6) is 0. The third-order valence-corrected chi connectivity index (χ3v) is 3.28. The Hall–Kier alpha value is -1.14. The number of hydrogen-bond donors (Lipinski definition) is 2. The molecule has 17 heavy (non-hydrogen) atoms. The second-order valence-electron chi connectivity index (χ2n) is 3.68. The van der Waals surface area contributed by atoms with Crippen LogP contribution in [0.3, 0.4) is 0 Å². The number of aryl methyl sites for hydroxylation is 1. The summed E-state index contributed by atoms with van der Waals surface area (Å²) in [5.41, 5.74) is 0. The average Bonchev–Trinajstić information content (AvgIpc) is 2.70. The van der Waals surface area contributed by atoms with Gasteiger partial charge in [0.1, 0.15) is 0 Å². The topological polar surface area (TPSA) is 57.3 Å². The molecular formula is C11H20N4OS. The highest BCUT2D eigenvalue weighted by atomic mass is 32.1. The Labute approximate surface area is 106 Å². The Morgan fingerprint density at radius 1 is 1.47 bits per heavy atom. The minimum Gasteiger partial charge on any atom is -0.337 e. The number of urea groups is 1. The highest BCUT2D eigenvalue weighted by Gasteiger charge is 2.05. The molecule has 0 saturated carbocycles. The standard InChI is InChI=1S/C11H20N4OS/c1-4-15(5-2)7-6-12-10(16)14-11-13-8-9(3)17-11/h8H,4-7H2,1-3H3,(H2,12,13,14,16). The number of carbonyl (C=O) groups is 1. The fraction of sp³-hybridized carbons (Fsp3) is 0.636. The molecule has 1 aromatic rings. The predicted molar refractivity (Wildman–Crippen MR) is 71.7 cm³/mol. The van der Waals surface area contributed by atoms with Crippen LogP contribution in [0.15, 0.2) is 6.20 Å². The van der Waals surface area contributed by atoms with Gasteiger partial charge in [0.15, 0.2) is 5.13 Å². The van der Waals surface area contributed by atoms with Crippen LogP contribution in [0.4, 0.5) is 9.93 Å². The summed E-state index contributed by atoms with van der Waals surface area (Å²) in [7, 11) is 0. The maximum atomic E-state index is 11.5. The number of rotatable bonds is 6. The Morgan fingerprint density at radius 2 is 2.18 bits per heavy atom. The van der Waals surface area contributed by atoms with Crippen molar-refractivity contribution >= 4 is 22.5 Å². The van der Waals surface area contributed by atoms with E-state index in [-0.39, 0.29) is 6.03 Å². The number of nitrogens with one attached hydrogen (secondary N) is 2. The van der Waals surface area contributed by atoms with Crippen molar-refractivity contribution in [3.63, 3.8) is 0 Å². The van der Waals surface area contributed by atoms with Crippen LogP contribution < -0.4 is 10.6 Å². The van der Waals surface area contributed by atoms with E-state index in [0.29, 0.717) is 11.7 Å². The molecule has 0 bridgehead atoms. The first-order valence-electron chi connectivity index (χ1n) is 5.85. The Kier molecular flexibility index (Phi) is 5.93. The molecule has 5 nitrogen and oxygen atoms in total. The fourth-order valence-electron chi connectivity index (χ4n) is 1.42. The summed E-state index contributed by atoms with van der Waals surface area (Å²) < 4.78 is 0. The fourth-order valence-corrected chi connectivity index (χ4v) is 2.08. The van der Waals surface area contributed by atoms with Gasteiger partial charge < -0.3 is 10.2 Å². The first-order valence-corrected chi connectivity index (χ1v) is 6.67. The lowest BCUT2D eigenvalue weighted by Gasteiger charge is -2.17. The SMILES string of the molecule is CCN(CC)CCNC(=O)Nc1ncc(C)s1. The van der Waals surface area contributed by atoms with Crippen LogP contribution in [-0.2, 0) is 0 Å². The van der Waals surface area contributed by atoms with E-state index in [1.54, 1.807) is 6.20 Å². The van der Waals surface area contributed by atoms with Crippen molar-refractivity contribution in [1.82, 2.24) is 15.2 Å². The first-order chi connectivity index (χ1) is 8.15. The van der Waals surface area contributed by atoms with Gasteiger partial charge in [-0.1, -0.05) is 13.8 Å². The second kappa shape index (κ2) is 7.24. The molecular weight excluding hydrogens is 236 g/mol. The monoisotopic (exact) mass is 256 g/mol. The molecule has 0 aliphatic rings. The van der Waals surface area contributed by atoms with E-state index in [9.17, 15) is 4.79 Å². The zero-order chi connectivity index (χ0) is 12.7. The van der Waals surface area contributed by atoms with Crippen molar-refractivity contribution in [3.8, 4) is 0 Å².